The fourth-order valence-corrected chi connectivity index (χ4v) is 5.28. The van der Waals surface area contributed by atoms with Crippen LogP contribution in [-0.2, 0) is 25.5 Å². The molecule has 1 aliphatic heterocycles. The van der Waals surface area contributed by atoms with E-state index in [0.29, 0.717) is 11.3 Å². The maximum absolute atomic E-state index is 14.2. The molecular formula is C33H39N5O5. The first-order chi connectivity index (χ1) is 20.3. The number of esters is 1. The van der Waals surface area contributed by atoms with Gasteiger partial charge in [-0.05, 0) is 62.6 Å². The SMILES string of the molecule is CC(CC(=O)OC(C)(C)C)NC(=O)C1Cc2ccccc2N1C(=O)C(CCC(=N)N)NC(=O)c1cccc2ccccc12. The van der Waals surface area contributed by atoms with E-state index < -0.39 is 47.4 Å². The van der Waals surface area contributed by atoms with Crippen LogP contribution in [0.4, 0.5) is 5.69 Å². The molecule has 1 aliphatic rings. The Balaban J connectivity index is 1.59. The lowest BCUT2D eigenvalue weighted by atomic mass is 10.0. The monoisotopic (exact) mass is 585 g/mol. The van der Waals surface area contributed by atoms with E-state index in [-0.39, 0.29) is 31.5 Å². The molecule has 0 saturated carbocycles. The van der Waals surface area contributed by atoms with Crippen LogP contribution in [0.1, 0.15) is 62.9 Å². The lowest BCUT2D eigenvalue weighted by Crippen LogP contribution is -2.56. The van der Waals surface area contributed by atoms with Gasteiger partial charge in [-0.1, -0.05) is 54.6 Å². The number of hydrogen-bond donors (Lipinski definition) is 4. The fourth-order valence-electron chi connectivity index (χ4n) is 5.28. The smallest absolute Gasteiger partial charge is 0.308 e. The highest BCUT2D eigenvalue weighted by atomic mass is 16.6. The zero-order valence-electron chi connectivity index (χ0n) is 25.0. The molecule has 4 rings (SSSR count). The van der Waals surface area contributed by atoms with E-state index >= 15 is 0 Å². The van der Waals surface area contributed by atoms with Crippen LogP contribution in [-0.4, -0.2) is 53.3 Å². The van der Waals surface area contributed by atoms with Gasteiger partial charge in [0.15, 0.2) is 0 Å². The minimum Gasteiger partial charge on any atom is -0.460 e. The number of hydrogen-bond acceptors (Lipinski definition) is 6. The minimum atomic E-state index is -1.06. The molecule has 0 spiro atoms. The Hall–Kier alpha value is -4.73. The van der Waals surface area contributed by atoms with Crippen molar-refractivity contribution in [2.24, 2.45) is 5.73 Å². The summed E-state index contributed by atoms with van der Waals surface area (Å²) in [7, 11) is 0. The van der Waals surface area contributed by atoms with Crippen molar-refractivity contribution in [3.63, 3.8) is 0 Å². The van der Waals surface area contributed by atoms with Gasteiger partial charge in [0, 0.05) is 30.1 Å². The lowest BCUT2D eigenvalue weighted by Gasteiger charge is -2.30. The summed E-state index contributed by atoms with van der Waals surface area (Å²) in [4.78, 5) is 55.1. The first-order valence-electron chi connectivity index (χ1n) is 14.4. The number of carbonyl (C=O) groups is 4. The normalized spacial score (nSPS) is 15.7. The number of nitrogens with zero attached hydrogens (tertiary/aromatic N) is 1. The minimum absolute atomic E-state index is 0.0288. The summed E-state index contributed by atoms with van der Waals surface area (Å²) < 4.78 is 5.38. The Kier molecular flexibility index (Phi) is 9.48. The van der Waals surface area contributed by atoms with Gasteiger partial charge in [-0.2, -0.15) is 0 Å². The first kappa shape index (κ1) is 31.2. The van der Waals surface area contributed by atoms with Crippen molar-refractivity contribution in [1.29, 1.82) is 5.41 Å². The van der Waals surface area contributed by atoms with Gasteiger partial charge in [-0.15, -0.1) is 0 Å². The van der Waals surface area contributed by atoms with Crippen molar-refractivity contribution in [3.05, 3.63) is 77.9 Å². The number of para-hydroxylation sites is 1. The van der Waals surface area contributed by atoms with Crippen molar-refractivity contribution in [2.45, 2.75) is 77.1 Å². The second-order valence-electron chi connectivity index (χ2n) is 11.9. The number of ether oxygens (including phenoxy) is 1. The molecule has 3 atom stereocenters. The van der Waals surface area contributed by atoms with E-state index in [1.165, 1.54) is 4.90 Å². The van der Waals surface area contributed by atoms with Crippen LogP contribution in [0.25, 0.3) is 10.8 Å². The summed E-state index contributed by atoms with van der Waals surface area (Å²) >= 11 is 0. The molecule has 10 nitrogen and oxygen atoms in total. The fraction of sp³-hybridized carbons (Fsp3) is 0.364. The van der Waals surface area contributed by atoms with Crippen LogP contribution in [0, 0.1) is 5.41 Å². The van der Waals surface area contributed by atoms with Gasteiger partial charge in [0.1, 0.15) is 17.7 Å². The zero-order valence-corrected chi connectivity index (χ0v) is 25.0. The molecule has 3 aromatic rings. The number of rotatable bonds is 10. The number of fused-ring (bicyclic) bond motifs is 2. The maximum Gasteiger partial charge on any atom is 0.308 e. The van der Waals surface area contributed by atoms with Crippen LogP contribution >= 0.6 is 0 Å². The van der Waals surface area contributed by atoms with Crippen LogP contribution < -0.4 is 21.3 Å². The number of nitrogens with one attached hydrogen (secondary N) is 3. The molecule has 0 saturated heterocycles. The third-order valence-electron chi connectivity index (χ3n) is 7.14. The summed E-state index contributed by atoms with van der Waals surface area (Å²) in [5.41, 5.74) is 6.77. The Bertz CT molecular complexity index is 1540. The molecule has 3 aromatic carbocycles. The van der Waals surface area contributed by atoms with Crippen LogP contribution in [0.3, 0.4) is 0 Å². The van der Waals surface area contributed by atoms with Gasteiger partial charge in [0.25, 0.3) is 5.91 Å². The predicted molar refractivity (Wildman–Crippen MR) is 166 cm³/mol. The Morgan fingerprint density at radius 3 is 2.40 bits per heavy atom. The number of benzene rings is 3. The van der Waals surface area contributed by atoms with Crippen molar-refractivity contribution in [2.75, 3.05) is 4.90 Å². The molecule has 43 heavy (non-hydrogen) atoms. The quantitative estimate of drug-likeness (QED) is 0.161. The van der Waals surface area contributed by atoms with E-state index in [2.05, 4.69) is 10.6 Å². The molecule has 1 heterocycles. The highest BCUT2D eigenvalue weighted by molar-refractivity contribution is 6.11. The lowest BCUT2D eigenvalue weighted by molar-refractivity contribution is -0.155. The molecule has 0 aliphatic carbocycles. The van der Waals surface area contributed by atoms with Crippen molar-refractivity contribution in [3.8, 4) is 0 Å². The van der Waals surface area contributed by atoms with Gasteiger partial charge in [0.2, 0.25) is 11.8 Å². The van der Waals surface area contributed by atoms with E-state index in [0.717, 1.165) is 16.3 Å². The Morgan fingerprint density at radius 1 is 1.00 bits per heavy atom. The molecule has 226 valence electrons. The highest BCUT2D eigenvalue weighted by Gasteiger charge is 2.41. The second-order valence-corrected chi connectivity index (χ2v) is 11.9. The average Bonchev–Trinajstić information content (AvgIpc) is 3.33. The van der Waals surface area contributed by atoms with Gasteiger partial charge >= 0.3 is 5.97 Å². The zero-order chi connectivity index (χ0) is 31.3. The average molecular weight is 586 g/mol. The standard InChI is InChI=1S/C33H39N5O5/c1-20(18-29(39)43-33(2,3)4)36-31(41)27-19-22-11-6-8-15-26(22)38(27)32(42)25(16-17-28(34)35)37-30(40)24-14-9-12-21-10-5-7-13-23(21)24/h5-15,20,25,27H,16-19H2,1-4H3,(H3,34,35)(H,36,41)(H,37,40). The van der Waals surface area contributed by atoms with Crippen molar-refractivity contribution in [1.82, 2.24) is 10.6 Å². The van der Waals surface area contributed by atoms with Crippen molar-refractivity contribution < 1.29 is 23.9 Å². The number of carbonyl (C=O) groups excluding carboxylic acids is 4. The Labute approximate surface area is 251 Å². The topological polar surface area (TPSA) is 155 Å². The molecule has 10 heteroatoms. The number of nitrogens with two attached hydrogens (primary N) is 1. The summed E-state index contributed by atoms with van der Waals surface area (Å²) in [5, 5.41) is 15.1. The molecule has 3 amide bonds. The second kappa shape index (κ2) is 13.1. The summed E-state index contributed by atoms with van der Waals surface area (Å²) in [5.74, 6) is -1.92. The molecule has 3 unspecified atom stereocenters. The molecule has 0 bridgehead atoms. The largest absolute Gasteiger partial charge is 0.460 e. The van der Waals surface area contributed by atoms with Gasteiger partial charge < -0.3 is 21.1 Å². The van der Waals surface area contributed by atoms with Gasteiger partial charge in [-0.3, -0.25) is 29.5 Å². The molecule has 0 fully saturated rings. The molecule has 5 N–H and O–H groups in total. The maximum atomic E-state index is 14.2. The predicted octanol–water partition coefficient (Wildman–Crippen LogP) is 3.85. The third-order valence-corrected chi connectivity index (χ3v) is 7.14. The number of amides is 3. The van der Waals surface area contributed by atoms with Crippen LogP contribution in [0.2, 0.25) is 0 Å². The Morgan fingerprint density at radius 2 is 1.67 bits per heavy atom. The molecule has 0 radical (unpaired) electrons. The highest BCUT2D eigenvalue weighted by Crippen LogP contribution is 2.33. The van der Waals surface area contributed by atoms with Crippen molar-refractivity contribution >= 4 is 46.0 Å². The third kappa shape index (κ3) is 7.77. The molecule has 0 aromatic heterocycles. The van der Waals surface area contributed by atoms with Gasteiger partial charge in [-0.25, -0.2) is 0 Å². The summed E-state index contributed by atoms with van der Waals surface area (Å²) in [6, 6.07) is 17.6. The molecular weight excluding hydrogens is 546 g/mol. The van der Waals surface area contributed by atoms with E-state index in [9.17, 15) is 19.2 Å². The number of anilines is 1. The van der Waals surface area contributed by atoms with E-state index in [1.807, 2.05) is 42.5 Å². The summed E-state index contributed by atoms with van der Waals surface area (Å²) in [6.07, 6.45) is 0.390. The van der Waals surface area contributed by atoms with E-state index in [4.69, 9.17) is 15.9 Å². The number of amidine groups is 1. The first-order valence-corrected chi connectivity index (χ1v) is 14.4. The summed E-state index contributed by atoms with van der Waals surface area (Å²) in [6.45, 7) is 7.02. The van der Waals surface area contributed by atoms with Gasteiger partial charge in [0.05, 0.1) is 12.3 Å². The van der Waals surface area contributed by atoms with Crippen LogP contribution in [0.5, 0.6) is 0 Å². The van der Waals surface area contributed by atoms with Crippen LogP contribution in [0.15, 0.2) is 66.7 Å². The van der Waals surface area contributed by atoms with E-state index in [1.54, 1.807) is 52.0 Å².